The Morgan fingerprint density at radius 1 is 1.02 bits per heavy atom. The Balaban J connectivity index is 1.33. The Hall–Kier alpha value is -1.93. The van der Waals surface area contributed by atoms with Crippen molar-refractivity contribution in [2.75, 3.05) is 26.3 Å². The topological polar surface area (TPSA) is 124 Å². The number of morpholine rings is 1. The lowest BCUT2D eigenvalue weighted by Crippen LogP contribution is -2.66. The van der Waals surface area contributed by atoms with E-state index < -0.39 is 5.41 Å². The van der Waals surface area contributed by atoms with Crippen molar-refractivity contribution in [2.45, 2.75) is 112 Å². The molecule has 44 heavy (non-hydrogen) atoms. The maximum absolute atomic E-state index is 14.4. The first-order valence-electron chi connectivity index (χ1n) is 17.6. The van der Waals surface area contributed by atoms with E-state index in [0.29, 0.717) is 50.0 Å². The monoisotopic (exact) mass is 609 g/mol. The van der Waals surface area contributed by atoms with Crippen LogP contribution in [0.4, 0.5) is 0 Å². The summed E-state index contributed by atoms with van der Waals surface area (Å²) in [6, 6.07) is 0. The van der Waals surface area contributed by atoms with Crippen molar-refractivity contribution in [3.8, 4) is 0 Å². The van der Waals surface area contributed by atoms with Crippen molar-refractivity contribution in [1.29, 1.82) is 5.41 Å². The molecule has 8 heteroatoms. The zero-order valence-electron chi connectivity index (χ0n) is 28.5. The van der Waals surface area contributed by atoms with Crippen LogP contribution < -0.4 is 11.1 Å². The molecular weight excluding hydrogens is 550 g/mol. The van der Waals surface area contributed by atoms with Gasteiger partial charge in [-0.1, -0.05) is 60.1 Å². The fourth-order valence-electron chi connectivity index (χ4n) is 12.1. The summed E-state index contributed by atoms with van der Waals surface area (Å²) in [5.74, 6) is 2.30. The van der Waals surface area contributed by atoms with Crippen LogP contribution in [0.1, 0.15) is 106 Å². The molecule has 0 bridgehead atoms. The first kappa shape index (κ1) is 32.0. The van der Waals surface area contributed by atoms with Crippen LogP contribution in [-0.2, 0) is 9.53 Å². The van der Waals surface area contributed by atoms with Crippen LogP contribution in [0.3, 0.4) is 0 Å². The number of hydrogen-bond donors (Lipinski definition) is 4. The maximum Gasteiger partial charge on any atom is 0.233 e. The van der Waals surface area contributed by atoms with Gasteiger partial charge in [0.25, 0.3) is 0 Å². The molecular formula is C36H59N5O3. The van der Waals surface area contributed by atoms with Gasteiger partial charge in [0, 0.05) is 13.1 Å². The zero-order chi connectivity index (χ0) is 31.9. The number of allylic oxidation sites excluding steroid dienone is 2. The second-order valence-corrected chi connectivity index (χ2v) is 17.1. The number of nitrogens with two attached hydrogens (primary N) is 1. The summed E-state index contributed by atoms with van der Waals surface area (Å²) in [5, 5.41) is 22.5. The van der Waals surface area contributed by atoms with Crippen molar-refractivity contribution < 1.29 is 14.6 Å². The van der Waals surface area contributed by atoms with Crippen LogP contribution in [0.2, 0.25) is 0 Å². The molecule has 4 unspecified atom stereocenters. The molecule has 0 radical (unpaired) electrons. The van der Waals surface area contributed by atoms with E-state index >= 15 is 0 Å². The van der Waals surface area contributed by atoms with Crippen molar-refractivity contribution in [2.24, 2.45) is 67.4 Å². The summed E-state index contributed by atoms with van der Waals surface area (Å²) in [7, 11) is 0. The minimum absolute atomic E-state index is 0.00816. The number of carbonyl (C=O) groups excluding carboxylic acids is 1. The first-order chi connectivity index (χ1) is 20.6. The molecule has 246 valence electrons. The SMILES string of the molecule is C[C@@H]1CC[C@]2(C(=O)N/C(N)=N/C(=N)N3CCOCC3)CC[C@]3(C)C(=CCC4[C@@]5(C)CCC(O)C(C)(C)C5CC[C@]43C)C2[C@H]1C. The number of guanidine groups is 2. The number of amides is 1. The number of hydrogen-bond acceptors (Lipinski definition) is 4. The molecule has 10 atom stereocenters. The molecule has 1 amide bonds. The lowest BCUT2D eigenvalue weighted by Gasteiger charge is -2.71. The summed E-state index contributed by atoms with van der Waals surface area (Å²) in [4.78, 5) is 20.6. The molecule has 0 aromatic rings. The van der Waals surface area contributed by atoms with Gasteiger partial charge < -0.3 is 20.5 Å². The van der Waals surface area contributed by atoms with Gasteiger partial charge in [-0.15, -0.1) is 0 Å². The Kier molecular flexibility index (Phi) is 7.88. The number of rotatable bonds is 1. The molecule has 4 saturated carbocycles. The maximum atomic E-state index is 14.4. The summed E-state index contributed by atoms with van der Waals surface area (Å²) >= 11 is 0. The van der Waals surface area contributed by atoms with E-state index in [1.165, 1.54) is 18.4 Å². The summed E-state index contributed by atoms with van der Waals surface area (Å²) in [5.41, 5.74) is 7.67. The third-order valence-corrected chi connectivity index (χ3v) is 15.2. The Morgan fingerprint density at radius 3 is 2.43 bits per heavy atom. The molecule has 0 aromatic heterocycles. The average molecular weight is 610 g/mol. The second kappa shape index (κ2) is 10.8. The van der Waals surface area contributed by atoms with Gasteiger partial charge in [0.05, 0.1) is 24.7 Å². The fourth-order valence-corrected chi connectivity index (χ4v) is 12.1. The number of fused-ring (bicyclic) bond motifs is 7. The number of aliphatic hydroxyl groups is 1. The highest BCUT2D eigenvalue weighted by molar-refractivity contribution is 6.03. The molecule has 1 heterocycles. The van der Waals surface area contributed by atoms with Gasteiger partial charge in [0.1, 0.15) is 0 Å². The van der Waals surface area contributed by atoms with Gasteiger partial charge >= 0.3 is 0 Å². The van der Waals surface area contributed by atoms with Gasteiger partial charge in [0.2, 0.25) is 17.8 Å². The number of aliphatic hydroxyl groups excluding tert-OH is 1. The molecule has 1 aliphatic heterocycles. The molecule has 8 nitrogen and oxygen atoms in total. The zero-order valence-corrected chi connectivity index (χ0v) is 28.5. The van der Waals surface area contributed by atoms with Crippen LogP contribution in [0.5, 0.6) is 0 Å². The molecule has 0 aromatic carbocycles. The molecule has 0 spiro atoms. The number of carbonyl (C=O) groups is 1. The minimum atomic E-state index is -0.514. The Morgan fingerprint density at radius 2 is 1.73 bits per heavy atom. The minimum Gasteiger partial charge on any atom is -0.393 e. The first-order valence-corrected chi connectivity index (χ1v) is 17.6. The van der Waals surface area contributed by atoms with E-state index in [2.05, 4.69) is 64.9 Å². The number of nitrogens with one attached hydrogen (secondary N) is 2. The average Bonchev–Trinajstić information content (AvgIpc) is 2.97. The van der Waals surface area contributed by atoms with E-state index in [1.54, 1.807) is 0 Å². The lowest BCUT2D eigenvalue weighted by molar-refractivity contribution is -0.204. The van der Waals surface area contributed by atoms with E-state index in [1.807, 2.05) is 4.90 Å². The van der Waals surface area contributed by atoms with Crippen LogP contribution >= 0.6 is 0 Å². The van der Waals surface area contributed by atoms with E-state index in [9.17, 15) is 9.90 Å². The van der Waals surface area contributed by atoms with Gasteiger partial charge in [0.15, 0.2) is 0 Å². The van der Waals surface area contributed by atoms with Crippen LogP contribution in [0.25, 0.3) is 0 Å². The molecule has 5 aliphatic carbocycles. The van der Waals surface area contributed by atoms with Gasteiger partial charge in [-0.3, -0.25) is 15.5 Å². The molecule has 5 fully saturated rings. The van der Waals surface area contributed by atoms with E-state index in [-0.39, 0.29) is 51.5 Å². The van der Waals surface area contributed by atoms with Crippen molar-refractivity contribution in [3.05, 3.63) is 11.6 Å². The van der Waals surface area contributed by atoms with Gasteiger partial charge in [-0.2, -0.15) is 4.99 Å². The highest BCUT2D eigenvalue weighted by atomic mass is 16.5. The molecule has 1 saturated heterocycles. The Bertz CT molecular complexity index is 1240. The summed E-state index contributed by atoms with van der Waals surface area (Å²) < 4.78 is 5.41. The van der Waals surface area contributed by atoms with Crippen LogP contribution in [0, 0.1) is 62.1 Å². The third-order valence-electron chi connectivity index (χ3n) is 15.2. The fraction of sp³-hybridized carbons (Fsp3) is 0.861. The standard InChI is InChI=1S/C36H59N5O3/c1-22-10-15-36(29(43)39-30(37)40-31(38)41-18-20-44-21-19-41)17-16-34(6)24(28(36)23(22)2)8-9-26-33(5)13-12-27(42)32(3,4)25(33)11-14-35(26,34)7/h8,22-23,25-28,42H,9-21H2,1-7H3,(H4,37,38,39,40,43)/t22-,23+,25?,26?,27?,28?,33+,34-,35-,36+/m1/s1. The molecule has 6 rings (SSSR count). The van der Waals surface area contributed by atoms with Crippen molar-refractivity contribution in [1.82, 2.24) is 10.2 Å². The van der Waals surface area contributed by atoms with Crippen molar-refractivity contribution in [3.63, 3.8) is 0 Å². The smallest absolute Gasteiger partial charge is 0.233 e. The second-order valence-electron chi connectivity index (χ2n) is 17.1. The predicted molar refractivity (Wildman–Crippen MR) is 175 cm³/mol. The van der Waals surface area contributed by atoms with Gasteiger partial charge in [-0.25, -0.2) is 0 Å². The van der Waals surface area contributed by atoms with Gasteiger partial charge in [-0.05, 0) is 109 Å². The highest BCUT2D eigenvalue weighted by Crippen LogP contribution is 2.75. The third kappa shape index (κ3) is 4.46. The largest absolute Gasteiger partial charge is 0.393 e. The van der Waals surface area contributed by atoms with Crippen molar-refractivity contribution >= 4 is 17.8 Å². The molecule has 5 N–H and O–H groups in total. The summed E-state index contributed by atoms with van der Waals surface area (Å²) in [6.07, 6.45) is 11.5. The number of nitrogens with zero attached hydrogens (tertiary/aromatic N) is 2. The van der Waals surface area contributed by atoms with Crippen LogP contribution in [0.15, 0.2) is 16.6 Å². The highest BCUT2D eigenvalue weighted by Gasteiger charge is 2.69. The quantitative estimate of drug-likeness (QED) is 0.172. The predicted octanol–water partition coefficient (Wildman–Crippen LogP) is 5.70. The Labute approximate surface area is 265 Å². The summed E-state index contributed by atoms with van der Waals surface area (Å²) in [6.45, 7) is 19.4. The molecule has 6 aliphatic rings. The van der Waals surface area contributed by atoms with E-state index in [0.717, 1.165) is 44.9 Å². The van der Waals surface area contributed by atoms with Crippen LogP contribution in [-0.4, -0.2) is 60.2 Å². The lowest BCUT2D eigenvalue weighted by atomic mass is 9.33. The number of ether oxygens (including phenoxy) is 1. The van der Waals surface area contributed by atoms with E-state index in [4.69, 9.17) is 15.9 Å². The normalized spacial score (nSPS) is 46.9. The number of aliphatic imine (C=N–C) groups is 1.